The van der Waals surface area contributed by atoms with E-state index in [1.165, 1.54) is 17.6 Å². The molecular formula is C19H22N2O4. The van der Waals surface area contributed by atoms with E-state index in [0.717, 1.165) is 24.2 Å². The zero-order valence-electron chi connectivity index (χ0n) is 15.0. The summed E-state index contributed by atoms with van der Waals surface area (Å²) in [4.78, 5) is 36.1. The van der Waals surface area contributed by atoms with Crippen molar-refractivity contribution in [1.82, 2.24) is 9.13 Å². The summed E-state index contributed by atoms with van der Waals surface area (Å²) in [6, 6.07) is 3.84. The summed E-state index contributed by atoms with van der Waals surface area (Å²) in [5.41, 5.74) is 3.28. The van der Waals surface area contributed by atoms with Crippen molar-refractivity contribution in [3.8, 4) is 0 Å². The van der Waals surface area contributed by atoms with Crippen LogP contribution < -0.4 is 0 Å². The second-order valence-electron chi connectivity index (χ2n) is 6.67. The maximum atomic E-state index is 12.5. The maximum Gasteiger partial charge on any atom is 0.355 e. The number of esters is 1. The smallest absolute Gasteiger partial charge is 0.355 e. The Labute approximate surface area is 146 Å². The number of carbonyl (C=O) groups excluding carboxylic acids is 3. The molecule has 6 heteroatoms. The van der Waals surface area contributed by atoms with Crippen LogP contribution in [0.15, 0.2) is 18.3 Å². The zero-order valence-corrected chi connectivity index (χ0v) is 15.0. The van der Waals surface area contributed by atoms with Crippen LogP contribution in [0.1, 0.15) is 68.4 Å². The van der Waals surface area contributed by atoms with Crippen molar-refractivity contribution in [2.45, 2.75) is 39.7 Å². The number of carbonyl (C=O) groups is 3. The van der Waals surface area contributed by atoms with Gasteiger partial charge in [-0.25, -0.2) is 4.79 Å². The number of ketones is 2. The van der Waals surface area contributed by atoms with Gasteiger partial charge < -0.3 is 13.9 Å². The molecule has 2 aromatic heterocycles. The van der Waals surface area contributed by atoms with Gasteiger partial charge in [-0.05, 0) is 45.7 Å². The van der Waals surface area contributed by atoms with Gasteiger partial charge >= 0.3 is 5.97 Å². The van der Waals surface area contributed by atoms with E-state index in [2.05, 4.69) is 4.57 Å². The molecule has 132 valence electrons. The van der Waals surface area contributed by atoms with Crippen molar-refractivity contribution >= 4 is 17.5 Å². The first-order valence-electron chi connectivity index (χ1n) is 8.35. The van der Waals surface area contributed by atoms with Crippen molar-refractivity contribution in [1.29, 1.82) is 0 Å². The lowest BCUT2D eigenvalue weighted by atomic mass is 10.1. The van der Waals surface area contributed by atoms with E-state index >= 15 is 0 Å². The van der Waals surface area contributed by atoms with Crippen LogP contribution in [0.2, 0.25) is 0 Å². The lowest BCUT2D eigenvalue weighted by molar-refractivity contribution is 0.0465. The lowest BCUT2D eigenvalue weighted by Gasteiger charge is -2.08. The number of nitrogens with zero attached hydrogens (tertiary/aromatic N) is 2. The van der Waals surface area contributed by atoms with Crippen molar-refractivity contribution < 1.29 is 19.1 Å². The predicted octanol–water partition coefficient (Wildman–Crippen LogP) is 3.02. The van der Waals surface area contributed by atoms with Crippen LogP contribution in [-0.2, 0) is 11.8 Å². The van der Waals surface area contributed by atoms with Gasteiger partial charge in [0.05, 0.1) is 0 Å². The Morgan fingerprint density at radius 2 is 1.88 bits per heavy atom. The largest absolute Gasteiger partial charge is 0.453 e. The highest BCUT2D eigenvalue weighted by Crippen LogP contribution is 2.38. The molecule has 0 N–H and O–H groups in total. The first-order valence-corrected chi connectivity index (χ1v) is 8.35. The molecule has 0 atom stereocenters. The molecule has 1 saturated carbocycles. The molecule has 0 aromatic carbocycles. The molecule has 1 aliphatic carbocycles. The fourth-order valence-electron chi connectivity index (χ4n) is 3.20. The van der Waals surface area contributed by atoms with Crippen LogP contribution in [0, 0.1) is 13.8 Å². The zero-order chi connectivity index (χ0) is 18.3. The van der Waals surface area contributed by atoms with Crippen molar-refractivity contribution in [2.75, 3.05) is 6.61 Å². The van der Waals surface area contributed by atoms with Crippen LogP contribution in [0.4, 0.5) is 0 Å². The van der Waals surface area contributed by atoms with Gasteiger partial charge in [0.1, 0.15) is 5.69 Å². The Balaban J connectivity index is 1.69. The summed E-state index contributed by atoms with van der Waals surface area (Å²) >= 11 is 0. The van der Waals surface area contributed by atoms with Gasteiger partial charge in [0, 0.05) is 41.8 Å². The Hall–Kier alpha value is -2.63. The van der Waals surface area contributed by atoms with Gasteiger partial charge in [-0.1, -0.05) is 0 Å². The van der Waals surface area contributed by atoms with Crippen molar-refractivity contribution in [3.63, 3.8) is 0 Å². The van der Waals surface area contributed by atoms with Crippen molar-refractivity contribution in [2.24, 2.45) is 7.05 Å². The molecule has 0 aliphatic heterocycles. The van der Waals surface area contributed by atoms with E-state index < -0.39 is 5.97 Å². The molecule has 0 radical (unpaired) electrons. The van der Waals surface area contributed by atoms with E-state index in [4.69, 9.17) is 4.74 Å². The third-order valence-corrected chi connectivity index (χ3v) is 4.65. The highest BCUT2D eigenvalue weighted by atomic mass is 16.5. The van der Waals surface area contributed by atoms with Gasteiger partial charge in [-0.3, -0.25) is 9.59 Å². The van der Waals surface area contributed by atoms with E-state index in [9.17, 15) is 14.4 Å². The first kappa shape index (κ1) is 17.2. The van der Waals surface area contributed by atoms with Gasteiger partial charge in [0.2, 0.25) is 5.78 Å². The second-order valence-corrected chi connectivity index (χ2v) is 6.67. The number of aryl methyl sites for hydroxylation is 2. The Morgan fingerprint density at radius 1 is 1.20 bits per heavy atom. The molecule has 0 saturated heterocycles. The average molecular weight is 342 g/mol. The summed E-state index contributed by atoms with van der Waals surface area (Å²) in [5.74, 6) is -0.952. The summed E-state index contributed by atoms with van der Waals surface area (Å²) in [5, 5.41) is 0. The molecule has 0 unspecified atom stereocenters. The molecule has 0 spiro atoms. The van der Waals surface area contributed by atoms with Crippen LogP contribution in [0.5, 0.6) is 0 Å². The molecule has 1 aliphatic rings. The summed E-state index contributed by atoms with van der Waals surface area (Å²) in [7, 11) is 1.66. The SMILES string of the molecule is CC(=O)c1cc(C(=O)OCC(=O)c2cc(C)n(C3CC3)c2C)n(C)c1. The van der Waals surface area contributed by atoms with Crippen molar-refractivity contribution in [3.05, 3.63) is 46.5 Å². The molecule has 0 amide bonds. The molecular weight excluding hydrogens is 320 g/mol. The molecule has 1 fully saturated rings. The van der Waals surface area contributed by atoms with E-state index in [-0.39, 0.29) is 23.9 Å². The Kier molecular flexibility index (Phi) is 4.37. The summed E-state index contributed by atoms with van der Waals surface area (Å²) in [6.45, 7) is 5.04. The maximum absolute atomic E-state index is 12.5. The van der Waals surface area contributed by atoms with Gasteiger partial charge in [-0.2, -0.15) is 0 Å². The average Bonchev–Trinajstić information content (AvgIpc) is 3.23. The summed E-state index contributed by atoms with van der Waals surface area (Å²) in [6.07, 6.45) is 3.86. The third kappa shape index (κ3) is 3.29. The summed E-state index contributed by atoms with van der Waals surface area (Å²) < 4.78 is 8.88. The fourth-order valence-corrected chi connectivity index (χ4v) is 3.20. The van der Waals surface area contributed by atoms with Gasteiger partial charge in [0.15, 0.2) is 12.4 Å². The lowest BCUT2D eigenvalue weighted by Crippen LogP contribution is -2.16. The predicted molar refractivity (Wildman–Crippen MR) is 92.2 cm³/mol. The van der Waals surface area contributed by atoms with E-state index in [1.54, 1.807) is 13.2 Å². The van der Waals surface area contributed by atoms with Crippen LogP contribution in [0.25, 0.3) is 0 Å². The Morgan fingerprint density at radius 3 is 2.44 bits per heavy atom. The Bertz CT molecular complexity index is 868. The fraction of sp³-hybridized carbons (Fsp3) is 0.421. The molecule has 6 nitrogen and oxygen atoms in total. The highest BCUT2D eigenvalue weighted by molar-refractivity contribution is 6.01. The molecule has 2 heterocycles. The number of hydrogen-bond donors (Lipinski definition) is 0. The number of Topliss-reactive ketones (excluding diaryl/α,β-unsaturated/α-hetero) is 2. The van der Waals surface area contributed by atoms with Crippen LogP contribution in [0.3, 0.4) is 0 Å². The minimum atomic E-state index is -0.612. The van der Waals surface area contributed by atoms with Gasteiger partial charge in [-0.15, -0.1) is 0 Å². The van der Waals surface area contributed by atoms with Crippen LogP contribution >= 0.6 is 0 Å². The first-order chi connectivity index (χ1) is 11.8. The molecule has 0 bridgehead atoms. The second kappa shape index (κ2) is 6.35. The normalized spacial score (nSPS) is 13.8. The minimum absolute atomic E-state index is 0.127. The molecule has 25 heavy (non-hydrogen) atoms. The topological polar surface area (TPSA) is 70.3 Å². The third-order valence-electron chi connectivity index (χ3n) is 4.65. The quantitative estimate of drug-likeness (QED) is 0.598. The number of hydrogen-bond acceptors (Lipinski definition) is 4. The molecule has 3 rings (SSSR count). The number of ether oxygens (including phenoxy) is 1. The highest BCUT2D eigenvalue weighted by Gasteiger charge is 2.28. The number of aromatic nitrogens is 2. The van der Waals surface area contributed by atoms with E-state index in [0.29, 0.717) is 17.2 Å². The number of rotatable bonds is 6. The monoisotopic (exact) mass is 342 g/mol. The van der Waals surface area contributed by atoms with E-state index in [1.807, 2.05) is 19.9 Å². The molecule has 2 aromatic rings. The van der Waals surface area contributed by atoms with Gasteiger partial charge in [0.25, 0.3) is 0 Å². The minimum Gasteiger partial charge on any atom is -0.453 e. The van der Waals surface area contributed by atoms with Crippen LogP contribution in [-0.4, -0.2) is 33.3 Å². The standard InChI is InChI=1S/C19H22N2O4/c1-11-7-16(12(2)21(11)15-5-6-15)18(23)10-25-19(24)17-8-14(13(3)22)9-20(17)4/h7-9,15H,5-6,10H2,1-4H3.